The zero-order valence-corrected chi connectivity index (χ0v) is 21.4. The van der Waals surface area contributed by atoms with Crippen LogP contribution < -0.4 is 10.4 Å². The minimum atomic E-state index is -3.84. The smallest absolute Gasteiger partial charge is 0.416 e. The third-order valence-electron chi connectivity index (χ3n) is 3.52. The van der Waals surface area contributed by atoms with Gasteiger partial charge in [0, 0.05) is 11.7 Å². The van der Waals surface area contributed by atoms with Gasteiger partial charge >= 0.3 is 17.6 Å². The molecule has 2 rings (SSSR count). The van der Waals surface area contributed by atoms with Crippen LogP contribution in [0.2, 0.25) is 39.3 Å². The molecule has 0 saturated heterocycles. The van der Waals surface area contributed by atoms with E-state index < -0.39 is 34.2 Å². The van der Waals surface area contributed by atoms with Gasteiger partial charge in [0.15, 0.2) is 8.32 Å². The fourth-order valence-corrected chi connectivity index (χ4v) is 12.6. The van der Waals surface area contributed by atoms with Crippen LogP contribution in [0.1, 0.15) is 0 Å². The van der Waals surface area contributed by atoms with Crippen LogP contribution >= 0.6 is 0 Å². The number of benzene rings is 2. The Kier molecular flexibility index (Phi) is 8.71. The molecule has 0 aliphatic carbocycles. The van der Waals surface area contributed by atoms with Crippen LogP contribution in [0.3, 0.4) is 0 Å². The summed E-state index contributed by atoms with van der Waals surface area (Å²) in [6.45, 7) is 11.1. The fraction of sp³-hybridized carbons (Fsp3) is 0.333. The second kappa shape index (κ2) is 9.71. The van der Waals surface area contributed by atoms with Crippen molar-refractivity contribution in [2.24, 2.45) is 0 Å². The van der Waals surface area contributed by atoms with Crippen molar-refractivity contribution >= 4 is 44.6 Å². The largest absolute Gasteiger partial charge is 0.521 e. The van der Waals surface area contributed by atoms with Crippen molar-refractivity contribution in [2.45, 2.75) is 39.3 Å². The lowest BCUT2D eigenvalue weighted by Crippen LogP contribution is -2.61. The van der Waals surface area contributed by atoms with E-state index in [-0.39, 0.29) is 0 Å². The molecule has 6 nitrogen and oxygen atoms in total. The lowest BCUT2D eigenvalue weighted by molar-refractivity contribution is 0.247. The van der Waals surface area contributed by atoms with E-state index in [2.05, 4.69) is 0 Å². The highest BCUT2D eigenvalue weighted by molar-refractivity contribution is 6.92. The molecule has 2 aromatic rings. The predicted molar refractivity (Wildman–Crippen MR) is 121 cm³/mol. The van der Waals surface area contributed by atoms with E-state index in [0.717, 1.165) is 5.19 Å². The summed E-state index contributed by atoms with van der Waals surface area (Å²) in [6, 6.07) is 18.6. The summed E-state index contributed by atoms with van der Waals surface area (Å²) >= 11 is 0. The molecule has 0 radical (unpaired) electrons. The van der Waals surface area contributed by atoms with Crippen LogP contribution in [0.4, 0.5) is 0 Å². The first-order valence-electron chi connectivity index (χ1n) is 9.03. The molecule has 0 aliphatic rings. The fourth-order valence-electron chi connectivity index (χ4n) is 2.55. The number of hydrogen-bond donors (Lipinski definition) is 4. The maximum absolute atomic E-state index is 10.3. The first-order chi connectivity index (χ1) is 12.6. The Morgan fingerprint density at radius 1 is 0.571 bits per heavy atom. The summed E-state index contributed by atoms with van der Waals surface area (Å²) in [5, 5.41) is 1.53. The molecule has 4 N–H and O–H groups in total. The van der Waals surface area contributed by atoms with Crippen molar-refractivity contribution in [3.05, 3.63) is 60.7 Å². The molecule has 0 atom stereocenters. The van der Waals surface area contributed by atoms with E-state index in [1.165, 1.54) is 6.55 Å². The Morgan fingerprint density at radius 2 is 0.964 bits per heavy atom. The summed E-state index contributed by atoms with van der Waals surface area (Å²) in [6.07, 6.45) is 0. The van der Waals surface area contributed by atoms with Crippen LogP contribution in [0.5, 0.6) is 0 Å². The summed E-state index contributed by atoms with van der Waals surface area (Å²) in [5.74, 6) is 0. The van der Waals surface area contributed by atoms with Crippen molar-refractivity contribution in [2.75, 3.05) is 0 Å². The summed E-state index contributed by atoms with van der Waals surface area (Å²) < 4.78 is 10.8. The van der Waals surface area contributed by atoms with Crippen LogP contribution in [0.25, 0.3) is 0 Å². The first kappa shape index (κ1) is 25.1. The second-order valence-electron chi connectivity index (χ2n) is 8.10. The van der Waals surface area contributed by atoms with E-state index in [1.54, 1.807) is 24.3 Å². The molecule has 2 aromatic carbocycles. The first-order valence-corrected chi connectivity index (χ1v) is 19.5. The molecule has 0 amide bonds. The van der Waals surface area contributed by atoms with Crippen LogP contribution in [-0.2, 0) is 8.23 Å². The predicted octanol–water partition coefficient (Wildman–Crippen LogP) is 1.34. The van der Waals surface area contributed by atoms with E-state index in [0.29, 0.717) is 5.19 Å². The minimum Gasteiger partial charge on any atom is -0.416 e. The van der Waals surface area contributed by atoms with Crippen molar-refractivity contribution in [3.63, 3.8) is 0 Å². The maximum Gasteiger partial charge on any atom is 0.521 e. The van der Waals surface area contributed by atoms with Gasteiger partial charge in [-0.25, -0.2) is 0 Å². The molecular weight excluding hydrogens is 425 g/mol. The highest BCUT2D eigenvalue weighted by atomic mass is 28.5. The topological polar surface area (TPSA) is 99.4 Å². The van der Waals surface area contributed by atoms with Gasteiger partial charge in [-0.15, -0.1) is 0 Å². The van der Waals surface area contributed by atoms with Crippen LogP contribution in [-0.4, -0.2) is 53.4 Å². The Hall–Kier alpha value is -0.932. The van der Waals surface area contributed by atoms with Gasteiger partial charge in [0.05, 0.1) is 0 Å². The molecule has 0 fully saturated rings. The highest BCUT2D eigenvalue weighted by Gasteiger charge is 2.42. The van der Waals surface area contributed by atoms with E-state index in [4.69, 9.17) is 17.8 Å². The quantitative estimate of drug-likeness (QED) is 0.490. The molecule has 0 aromatic heterocycles. The van der Waals surface area contributed by atoms with Crippen LogP contribution in [0, 0.1) is 0 Å². The summed E-state index contributed by atoms with van der Waals surface area (Å²) in [4.78, 5) is 38.3. The molecule has 0 unspecified atom stereocenters. The second-order valence-corrected chi connectivity index (χ2v) is 21.2. The maximum atomic E-state index is 10.3. The van der Waals surface area contributed by atoms with Gasteiger partial charge in [-0.1, -0.05) is 60.7 Å². The van der Waals surface area contributed by atoms with E-state index in [1.807, 2.05) is 69.1 Å². The monoisotopic (exact) mass is 456 g/mol. The normalized spacial score (nSPS) is 12.9. The van der Waals surface area contributed by atoms with Crippen molar-refractivity contribution in [3.8, 4) is 0 Å². The average Bonchev–Trinajstić information content (AvgIpc) is 2.53. The molecule has 10 heteroatoms. The van der Waals surface area contributed by atoms with Gasteiger partial charge in [-0.3, -0.25) is 0 Å². The van der Waals surface area contributed by atoms with Gasteiger partial charge in [-0.05, 0) is 37.9 Å². The molecule has 0 saturated carbocycles. The summed E-state index contributed by atoms with van der Waals surface area (Å²) in [5.41, 5.74) is 0. The molecule has 0 bridgehead atoms. The third-order valence-corrected chi connectivity index (χ3v) is 13.5. The molecular formula is C18H32O6Si4. The van der Waals surface area contributed by atoms with Crippen molar-refractivity contribution < 1.29 is 27.4 Å². The third kappa shape index (κ3) is 9.51. The van der Waals surface area contributed by atoms with Gasteiger partial charge in [-0.2, -0.15) is 0 Å². The SMILES string of the molecule is C[Si](C)(C)O[Si](C)(O)O.C[Si](C)(O[Si](O)(O)c1ccccc1)c1ccccc1. The zero-order chi connectivity index (χ0) is 21.6. The Morgan fingerprint density at radius 3 is 1.29 bits per heavy atom. The Bertz CT molecular complexity index is 651. The highest BCUT2D eigenvalue weighted by Crippen LogP contribution is 2.11. The molecule has 0 aliphatic heterocycles. The Labute approximate surface area is 172 Å². The van der Waals surface area contributed by atoms with Gasteiger partial charge in [0.1, 0.15) is 0 Å². The number of hydrogen-bond acceptors (Lipinski definition) is 6. The minimum absolute atomic E-state index is 0.478. The van der Waals surface area contributed by atoms with Gasteiger partial charge < -0.3 is 27.4 Å². The average molecular weight is 457 g/mol. The molecule has 0 spiro atoms. The lowest BCUT2D eigenvalue weighted by atomic mass is 10.4. The number of rotatable bonds is 6. The molecule has 156 valence electrons. The van der Waals surface area contributed by atoms with Gasteiger partial charge in [0.2, 0.25) is 8.32 Å². The van der Waals surface area contributed by atoms with Gasteiger partial charge in [0.25, 0.3) is 0 Å². The summed E-state index contributed by atoms with van der Waals surface area (Å²) in [7, 11) is -11.1. The van der Waals surface area contributed by atoms with Crippen molar-refractivity contribution in [1.29, 1.82) is 0 Å². The lowest BCUT2D eigenvalue weighted by Gasteiger charge is -2.30. The molecule has 0 heterocycles. The Balaban J connectivity index is 0.000000370. The van der Waals surface area contributed by atoms with Crippen molar-refractivity contribution in [1.82, 2.24) is 0 Å². The van der Waals surface area contributed by atoms with Crippen LogP contribution in [0.15, 0.2) is 60.7 Å². The van der Waals surface area contributed by atoms with E-state index >= 15 is 0 Å². The van der Waals surface area contributed by atoms with E-state index in [9.17, 15) is 9.59 Å². The standard InChI is InChI=1S/C14H18O3Si2.C4H14O3Si2/c1-18(2,13-9-5-3-6-10-13)17-19(15,16)14-11-7-4-8-12-14;1-8(2,3)7-9(4,5)6/h3-12,15-16H,1-2H3;5-6H,1-4H3. The zero-order valence-electron chi connectivity index (χ0n) is 17.4. The molecule has 28 heavy (non-hydrogen) atoms.